The number of carbonyl (C=O) groups is 1. The lowest BCUT2D eigenvalue weighted by Gasteiger charge is -2.08. The molecule has 1 N–H and O–H groups in total. The summed E-state index contributed by atoms with van der Waals surface area (Å²) in [6.45, 7) is 2.12. The number of halogens is 1. The fourth-order valence-electron chi connectivity index (χ4n) is 2.53. The summed E-state index contributed by atoms with van der Waals surface area (Å²) in [5, 5.41) is 14.8. The lowest BCUT2D eigenvalue weighted by atomic mass is 10.1. The summed E-state index contributed by atoms with van der Waals surface area (Å²) < 4.78 is 1.65. The minimum atomic E-state index is -1.05. The molecule has 5 heteroatoms. The van der Waals surface area contributed by atoms with Gasteiger partial charge in [-0.1, -0.05) is 41.8 Å². The van der Waals surface area contributed by atoms with Crippen LogP contribution in [-0.2, 0) is 6.54 Å². The molecule has 4 nitrogen and oxygen atoms in total. The van der Waals surface area contributed by atoms with Crippen LogP contribution in [0.1, 0.15) is 28.5 Å². The summed E-state index contributed by atoms with van der Waals surface area (Å²) in [6, 6.07) is 12.8. The largest absolute Gasteiger partial charge is 0.476 e. The fraction of sp³-hybridized carbons (Fsp3) is 0.111. The van der Waals surface area contributed by atoms with Crippen molar-refractivity contribution in [2.45, 2.75) is 13.5 Å². The van der Waals surface area contributed by atoms with E-state index in [2.05, 4.69) is 16.9 Å². The van der Waals surface area contributed by atoms with Crippen molar-refractivity contribution in [3.05, 3.63) is 64.3 Å². The molecule has 1 heterocycles. The van der Waals surface area contributed by atoms with Gasteiger partial charge in [-0.3, -0.25) is 4.68 Å². The maximum absolute atomic E-state index is 11.4. The molecule has 0 radical (unpaired) electrons. The second kappa shape index (κ2) is 6.15. The monoisotopic (exact) mass is 324 g/mol. The summed E-state index contributed by atoms with van der Waals surface area (Å²) in [7, 11) is 0. The van der Waals surface area contributed by atoms with Crippen LogP contribution in [0.2, 0.25) is 5.02 Å². The van der Waals surface area contributed by atoms with Crippen molar-refractivity contribution >= 4 is 28.5 Å². The van der Waals surface area contributed by atoms with Crippen molar-refractivity contribution in [2.75, 3.05) is 0 Å². The van der Waals surface area contributed by atoms with Crippen molar-refractivity contribution in [1.29, 1.82) is 0 Å². The van der Waals surface area contributed by atoms with Gasteiger partial charge in [-0.15, -0.1) is 5.92 Å². The van der Waals surface area contributed by atoms with Crippen LogP contribution in [0.4, 0.5) is 0 Å². The number of rotatable bonds is 3. The van der Waals surface area contributed by atoms with Crippen LogP contribution in [0, 0.1) is 11.8 Å². The van der Waals surface area contributed by atoms with Crippen molar-refractivity contribution < 1.29 is 9.90 Å². The van der Waals surface area contributed by atoms with Crippen LogP contribution in [0.5, 0.6) is 0 Å². The number of carboxylic acid groups (broad SMARTS) is 1. The molecule has 0 fully saturated rings. The SMILES string of the molecule is CC#Cc1cccc(Cl)c1Cn1nc(C(=O)O)c2ccccc21. The molecular formula is C18H13ClN2O2. The molecule has 0 saturated carbocycles. The number of hydrogen-bond donors (Lipinski definition) is 1. The molecule has 0 bridgehead atoms. The molecule has 2 aromatic carbocycles. The Bertz CT molecular complexity index is 964. The second-order valence-electron chi connectivity index (χ2n) is 4.97. The lowest BCUT2D eigenvalue weighted by Crippen LogP contribution is -2.06. The third kappa shape index (κ3) is 2.79. The van der Waals surface area contributed by atoms with Gasteiger partial charge in [-0.2, -0.15) is 5.10 Å². The number of para-hydroxylation sites is 1. The summed E-state index contributed by atoms with van der Waals surface area (Å²) in [6.07, 6.45) is 0. The van der Waals surface area contributed by atoms with Gasteiger partial charge < -0.3 is 5.11 Å². The Morgan fingerprint density at radius 2 is 2.04 bits per heavy atom. The number of aromatic carboxylic acids is 1. The summed E-state index contributed by atoms with van der Waals surface area (Å²) in [5.74, 6) is 4.84. The molecule has 114 valence electrons. The molecule has 3 rings (SSSR count). The highest BCUT2D eigenvalue weighted by molar-refractivity contribution is 6.31. The summed E-state index contributed by atoms with van der Waals surface area (Å²) in [4.78, 5) is 11.4. The molecule has 3 aromatic rings. The third-order valence-corrected chi connectivity index (χ3v) is 3.90. The molecule has 0 saturated heterocycles. The Hall–Kier alpha value is -2.77. The van der Waals surface area contributed by atoms with E-state index in [1.165, 1.54) is 0 Å². The number of fused-ring (bicyclic) bond motifs is 1. The molecule has 0 atom stereocenters. The molecule has 23 heavy (non-hydrogen) atoms. The zero-order valence-electron chi connectivity index (χ0n) is 12.4. The standard InChI is InChI=1S/C18H13ClN2O2/c1-2-6-12-7-5-9-15(19)14(12)11-21-16-10-4-3-8-13(16)17(20-21)18(22)23/h3-5,7-10H,11H2,1H3,(H,22,23). The number of nitrogens with zero attached hydrogens (tertiary/aromatic N) is 2. The summed E-state index contributed by atoms with van der Waals surface area (Å²) >= 11 is 6.31. The van der Waals surface area contributed by atoms with Gasteiger partial charge >= 0.3 is 5.97 Å². The molecule has 0 aliphatic heterocycles. The Labute approximate surface area is 138 Å². The number of aromatic nitrogens is 2. The molecule has 0 aliphatic carbocycles. The second-order valence-corrected chi connectivity index (χ2v) is 5.38. The Kier molecular flexibility index (Phi) is 4.05. The van der Waals surface area contributed by atoms with Crippen molar-refractivity contribution in [2.24, 2.45) is 0 Å². The van der Waals surface area contributed by atoms with Gasteiger partial charge in [-0.05, 0) is 25.1 Å². The first-order valence-corrected chi connectivity index (χ1v) is 7.38. The van der Waals surface area contributed by atoms with E-state index in [-0.39, 0.29) is 5.69 Å². The van der Waals surface area contributed by atoms with E-state index in [0.29, 0.717) is 17.0 Å². The van der Waals surface area contributed by atoms with E-state index in [0.717, 1.165) is 16.6 Å². The molecule has 0 unspecified atom stereocenters. The maximum Gasteiger partial charge on any atom is 0.357 e. The van der Waals surface area contributed by atoms with Crippen molar-refractivity contribution in [3.63, 3.8) is 0 Å². The molecule has 0 aliphatic rings. The van der Waals surface area contributed by atoms with E-state index in [1.807, 2.05) is 24.3 Å². The van der Waals surface area contributed by atoms with E-state index in [4.69, 9.17) is 11.6 Å². The first-order valence-electron chi connectivity index (χ1n) is 7.01. The minimum absolute atomic E-state index is 0.0378. The topological polar surface area (TPSA) is 55.1 Å². The van der Waals surface area contributed by atoms with Gasteiger partial charge in [-0.25, -0.2) is 4.79 Å². The predicted octanol–water partition coefficient (Wildman–Crippen LogP) is 3.81. The van der Waals surface area contributed by atoms with Crippen LogP contribution in [0.25, 0.3) is 10.9 Å². The van der Waals surface area contributed by atoms with Crippen LogP contribution in [-0.4, -0.2) is 20.9 Å². The molecule has 0 spiro atoms. The van der Waals surface area contributed by atoms with Crippen molar-refractivity contribution in [3.8, 4) is 11.8 Å². The van der Waals surface area contributed by atoms with Crippen LogP contribution in [0.3, 0.4) is 0 Å². The molecular weight excluding hydrogens is 312 g/mol. The van der Waals surface area contributed by atoms with E-state index >= 15 is 0 Å². The first-order chi connectivity index (χ1) is 11.1. The Morgan fingerprint density at radius 3 is 2.78 bits per heavy atom. The van der Waals surface area contributed by atoms with Gasteiger partial charge in [0, 0.05) is 21.5 Å². The Morgan fingerprint density at radius 1 is 1.26 bits per heavy atom. The highest BCUT2D eigenvalue weighted by Gasteiger charge is 2.17. The van der Waals surface area contributed by atoms with Gasteiger partial charge in [0.25, 0.3) is 0 Å². The lowest BCUT2D eigenvalue weighted by molar-refractivity contribution is 0.0691. The van der Waals surface area contributed by atoms with E-state index in [9.17, 15) is 9.90 Å². The average molecular weight is 325 g/mol. The maximum atomic E-state index is 11.4. The van der Waals surface area contributed by atoms with E-state index in [1.54, 1.807) is 29.8 Å². The summed E-state index contributed by atoms with van der Waals surface area (Å²) in [5.41, 5.74) is 2.43. The van der Waals surface area contributed by atoms with E-state index < -0.39 is 5.97 Å². The van der Waals surface area contributed by atoms with Gasteiger partial charge in [0.05, 0.1) is 12.1 Å². The van der Waals surface area contributed by atoms with Gasteiger partial charge in [0.15, 0.2) is 5.69 Å². The number of benzene rings is 2. The zero-order chi connectivity index (χ0) is 16.4. The van der Waals surface area contributed by atoms with Gasteiger partial charge in [0.1, 0.15) is 0 Å². The molecule has 1 aromatic heterocycles. The molecule has 0 amide bonds. The third-order valence-electron chi connectivity index (χ3n) is 3.55. The van der Waals surface area contributed by atoms with Crippen LogP contribution >= 0.6 is 11.6 Å². The highest BCUT2D eigenvalue weighted by Crippen LogP contribution is 2.24. The quantitative estimate of drug-likeness (QED) is 0.745. The van der Waals surface area contributed by atoms with Gasteiger partial charge in [0.2, 0.25) is 0 Å². The average Bonchev–Trinajstić information content (AvgIpc) is 2.90. The normalized spacial score (nSPS) is 10.3. The Balaban J connectivity index is 2.16. The highest BCUT2D eigenvalue weighted by atomic mass is 35.5. The smallest absolute Gasteiger partial charge is 0.357 e. The fourth-order valence-corrected chi connectivity index (χ4v) is 2.76. The minimum Gasteiger partial charge on any atom is -0.476 e. The predicted molar refractivity (Wildman–Crippen MR) is 89.8 cm³/mol. The van der Waals surface area contributed by atoms with Crippen molar-refractivity contribution in [1.82, 2.24) is 9.78 Å². The van der Waals surface area contributed by atoms with Crippen LogP contribution < -0.4 is 0 Å². The zero-order valence-corrected chi connectivity index (χ0v) is 13.1. The number of hydrogen-bond acceptors (Lipinski definition) is 2. The number of carboxylic acids is 1. The van der Waals surface area contributed by atoms with Crippen LogP contribution in [0.15, 0.2) is 42.5 Å². The first kappa shape index (κ1) is 15.1.